The van der Waals surface area contributed by atoms with Crippen LogP contribution in [0.4, 0.5) is 0 Å². The molecule has 0 radical (unpaired) electrons. The molecule has 0 aliphatic heterocycles. The standard InChI is InChI=1S/C7H14O2/c1-5-6(2)9-7(3,4)8/h5-6,8H,1H2,2-4H3. The fraction of sp³-hybridized carbons (Fsp3) is 0.714. The highest BCUT2D eigenvalue weighted by molar-refractivity contribution is 4.76. The second kappa shape index (κ2) is 2.99. The van der Waals surface area contributed by atoms with E-state index < -0.39 is 5.79 Å². The Balaban J connectivity index is 3.59. The lowest BCUT2D eigenvalue weighted by molar-refractivity contribution is -0.190. The van der Waals surface area contributed by atoms with Crippen LogP contribution in [0.1, 0.15) is 20.8 Å². The molecule has 0 aromatic heterocycles. The zero-order chi connectivity index (χ0) is 7.49. The second-order valence-electron chi connectivity index (χ2n) is 2.51. The smallest absolute Gasteiger partial charge is 0.160 e. The van der Waals surface area contributed by atoms with Crippen molar-refractivity contribution >= 4 is 0 Å². The lowest BCUT2D eigenvalue weighted by Crippen LogP contribution is -2.27. The van der Waals surface area contributed by atoms with E-state index in [9.17, 15) is 0 Å². The van der Waals surface area contributed by atoms with E-state index in [0.717, 1.165) is 0 Å². The maximum Gasteiger partial charge on any atom is 0.160 e. The molecule has 54 valence electrons. The number of aliphatic hydroxyl groups is 1. The summed E-state index contributed by atoms with van der Waals surface area (Å²) in [5.74, 6) is -1.05. The molecule has 9 heavy (non-hydrogen) atoms. The molecule has 0 spiro atoms. The quantitative estimate of drug-likeness (QED) is 0.461. The van der Waals surface area contributed by atoms with Gasteiger partial charge in [0.1, 0.15) is 0 Å². The third-order valence-electron chi connectivity index (χ3n) is 0.806. The molecule has 0 aromatic rings. The predicted octanol–water partition coefficient (Wildman–Crippen LogP) is 1.31. The Bertz CT molecular complexity index is 91.6. The maximum atomic E-state index is 9.05. The van der Waals surface area contributed by atoms with Crippen molar-refractivity contribution in [1.29, 1.82) is 0 Å². The second-order valence-corrected chi connectivity index (χ2v) is 2.51. The minimum Gasteiger partial charge on any atom is -0.366 e. The first-order chi connectivity index (χ1) is 3.95. The van der Waals surface area contributed by atoms with Crippen molar-refractivity contribution in [3.8, 4) is 0 Å². The summed E-state index contributed by atoms with van der Waals surface area (Å²) >= 11 is 0. The predicted molar refractivity (Wildman–Crippen MR) is 37.0 cm³/mol. The van der Waals surface area contributed by atoms with E-state index in [-0.39, 0.29) is 6.10 Å². The monoisotopic (exact) mass is 130 g/mol. The van der Waals surface area contributed by atoms with Gasteiger partial charge in [0.25, 0.3) is 0 Å². The van der Waals surface area contributed by atoms with Crippen LogP contribution >= 0.6 is 0 Å². The zero-order valence-electron chi connectivity index (χ0n) is 6.22. The first-order valence-corrected chi connectivity index (χ1v) is 2.98. The number of hydrogen-bond acceptors (Lipinski definition) is 2. The molecule has 0 aliphatic carbocycles. The van der Waals surface area contributed by atoms with E-state index in [2.05, 4.69) is 6.58 Å². The summed E-state index contributed by atoms with van der Waals surface area (Å²) in [6, 6.07) is 0. The first-order valence-electron chi connectivity index (χ1n) is 2.98. The summed E-state index contributed by atoms with van der Waals surface area (Å²) in [7, 11) is 0. The van der Waals surface area contributed by atoms with Crippen molar-refractivity contribution in [2.45, 2.75) is 32.7 Å². The van der Waals surface area contributed by atoms with Crippen molar-refractivity contribution in [1.82, 2.24) is 0 Å². The Hall–Kier alpha value is -0.340. The summed E-state index contributed by atoms with van der Waals surface area (Å²) in [5.41, 5.74) is 0. The average Bonchev–Trinajstić information content (AvgIpc) is 1.62. The Morgan fingerprint density at radius 2 is 2.11 bits per heavy atom. The van der Waals surface area contributed by atoms with Gasteiger partial charge in [-0.2, -0.15) is 0 Å². The largest absolute Gasteiger partial charge is 0.366 e. The fourth-order valence-electron chi connectivity index (χ4n) is 0.503. The van der Waals surface area contributed by atoms with Crippen molar-refractivity contribution < 1.29 is 9.84 Å². The van der Waals surface area contributed by atoms with E-state index in [1.54, 1.807) is 19.9 Å². The van der Waals surface area contributed by atoms with Crippen molar-refractivity contribution in [3.05, 3.63) is 12.7 Å². The van der Waals surface area contributed by atoms with Gasteiger partial charge < -0.3 is 9.84 Å². The van der Waals surface area contributed by atoms with Crippen LogP contribution < -0.4 is 0 Å². The lowest BCUT2D eigenvalue weighted by Gasteiger charge is -2.21. The van der Waals surface area contributed by atoms with E-state index in [1.807, 2.05) is 6.92 Å². The number of ether oxygens (including phenoxy) is 1. The molecule has 0 heterocycles. The van der Waals surface area contributed by atoms with Crippen LogP contribution in [0.3, 0.4) is 0 Å². The Morgan fingerprint density at radius 1 is 1.67 bits per heavy atom. The zero-order valence-corrected chi connectivity index (χ0v) is 6.22. The summed E-state index contributed by atoms with van der Waals surface area (Å²) < 4.78 is 5.02. The van der Waals surface area contributed by atoms with Gasteiger partial charge in [-0.25, -0.2) is 0 Å². The molecule has 1 N–H and O–H groups in total. The van der Waals surface area contributed by atoms with E-state index >= 15 is 0 Å². The number of rotatable bonds is 3. The van der Waals surface area contributed by atoms with Crippen molar-refractivity contribution in [2.75, 3.05) is 0 Å². The average molecular weight is 130 g/mol. The molecular weight excluding hydrogens is 116 g/mol. The maximum absolute atomic E-state index is 9.05. The molecule has 0 bridgehead atoms. The van der Waals surface area contributed by atoms with Gasteiger partial charge in [0.05, 0.1) is 6.10 Å². The van der Waals surface area contributed by atoms with Crippen LogP contribution in [0, 0.1) is 0 Å². The van der Waals surface area contributed by atoms with Gasteiger partial charge in [0.15, 0.2) is 5.79 Å². The van der Waals surface area contributed by atoms with Crippen molar-refractivity contribution in [3.63, 3.8) is 0 Å². The lowest BCUT2D eigenvalue weighted by atomic mass is 10.3. The van der Waals surface area contributed by atoms with Gasteiger partial charge >= 0.3 is 0 Å². The van der Waals surface area contributed by atoms with Crippen LogP contribution in [0.25, 0.3) is 0 Å². The van der Waals surface area contributed by atoms with Gasteiger partial charge in [-0.15, -0.1) is 6.58 Å². The molecular formula is C7H14O2. The minimum atomic E-state index is -1.05. The van der Waals surface area contributed by atoms with Gasteiger partial charge in [0, 0.05) is 0 Å². The Kier molecular flexibility index (Phi) is 2.88. The fourth-order valence-corrected chi connectivity index (χ4v) is 0.503. The highest BCUT2D eigenvalue weighted by Crippen LogP contribution is 2.07. The molecule has 1 atom stereocenters. The normalized spacial score (nSPS) is 15.1. The topological polar surface area (TPSA) is 29.5 Å². The molecule has 0 aliphatic rings. The highest BCUT2D eigenvalue weighted by atomic mass is 16.6. The summed E-state index contributed by atoms with van der Waals surface area (Å²) in [5, 5.41) is 9.05. The SMILES string of the molecule is C=CC(C)OC(C)(C)O. The molecule has 1 unspecified atom stereocenters. The van der Waals surface area contributed by atoms with Crippen molar-refractivity contribution in [2.24, 2.45) is 0 Å². The summed E-state index contributed by atoms with van der Waals surface area (Å²) in [6.45, 7) is 8.51. The summed E-state index contributed by atoms with van der Waals surface area (Å²) in [6.07, 6.45) is 1.54. The molecule has 0 saturated heterocycles. The molecule has 0 amide bonds. The van der Waals surface area contributed by atoms with Crippen LogP contribution in [-0.4, -0.2) is 17.0 Å². The molecule has 0 fully saturated rings. The molecule has 2 heteroatoms. The van der Waals surface area contributed by atoms with Gasteiger partial charge in [-0.1, -0.05) is 6.08 Å². The van der Waals surface area contributed by atoms with Crippen LogP contribution in [-0.2, 0) is 4.74 Å². The van der Waals surface area contributed by atoms with Gasteiger partial charge in [-0.3, -0.25) is 0 Å². The van der Waals surface area contributed by atoms with Gasteiger partial charge in [0.2, 0.25) is 0 Å². The van der Waals surface area contributed by atoms with Crippen LogP contribution in [0.2, 0.25) is 0 Å². The summed E-state index contributed by atoms with van der Waals surface area (Å²) in [4.78, 5) is 0. The molecule has 2 nitrogen and oxygen atoms in total. The minimum absolute atomic E-state index is 0.0926. The Labute approximate surface area is 56.1 Å². The molecule has 0 rings (SSSR count). The van der Waals surface area contributed by atoms with E-state index in [1.165, 1.54) is 0 Å². The van der Waals surface area contributed by atoms with Gasteiger partial charge in [-0.05, 0) is 20.8 Å². The highest BCUT2D eigenvalue weighted by Gasteiger charge is 2.14. The van der Waals surface area contributed by atoms with Crippen LogP contribution in [0.5, 0.6) is 0 Å². The number of hydrogen-bond donors (Lipinski definition) is 1. The molecule has 0 aromatic carbocycles. The Morgan fingerprint density at radius 3 is 2.22 bits per heavy atom. The molecule has 0 saturated carbocycles. The first kappa shape index (κ1) is 8.66. The third kappa shape index (κ3) is 5.53. The van der Waals surface area contributed by atoms with Crippen LogP contribution in [0.15, 0.2) is 12.7 Å². The van der Waals surface area contributed by atoms with E-state index in [4.69, 9.17) is 9.84 Å². The third-order valence-corrected chi connectivity index (χ3v) is 0.806. The van der Waals surface area contributed by atoms with E-state index in [0.29, 0.717) is 0 Å².